The Morgan fingerprint density at radius 2 is 2.00 bits per heavy atom. The van der Waals surface area contributed by atoms with Crippen LogP contribution in [0.15, 0.2) is 18.2 Å². The van der Waals surface area contributed by atoms with E-state index < -0.39 is 0 Å². The van der Waals surface area contributed by atoms with Crippen molar-refractivity contribution in [2.24, 2.45) is 5.73 Å². The van der Waals surface area contributed by atoms with E-state index in [2.05, 4.69) is 38.2 Å². The van der Waals surface area contributed by atoms with Gasteiger partial charge in [0.15, 0.2) is 0 Å². The maximum Gasteiger partial charge on any atom is 0.122 e. The van der Waals surface area contributed by atoms with Crippen molar-refractivity contribution in [3.63, 3.8) is 0 Å². The van der Waals surface area contributed by atoms with Gasteiger partial charge in [-0.15, -0.1) is 0 Å². The summed E-state index contributed by atoms with van der Waals surface area (Å²) in [7, 11) is 1.72. The summed E-state index contributed by atoms with van der Waals surface area (Å²) in [6.07, 6.45) is 1.97. The Morgan fingerprint density at radius 1 is 1.28 bits per heavy atom. The highest BCUT2D eigenvalue weighted by molar-refractivity contribution is 5.37. The van der Waals surface area contributed by atoms with Crippen LogP contribution >= 0.6 is 0 Å². The molecule has 0 heterocycles. The highest BCUT2D eigenvalue weighted by Gasteiger charge is 2.09. The molecule has 18 heavy (non-hydrogen) atoms. The van der Waals surface area contributed by atoms with Gasteiger partial charge in [-0.3, -0.25) is 0 Å². The molecule has 0 saturated heterocycles. The van der Waals surface area contributed by atoms with Crippen molar-refractivity contribution in [1.29, 1.82) is 0 Å². The van der Waals surface area contributed by atoms with Gasteiger partial charge in [0, 0.05) is 5.54 Å². The van der Waals surface area contributed by atoms with Gasteiger partial charge in [-0.1, -0.05) is 17.7 Å². The highest BCUT2D eigenvalue weighted by atomic mass is 16.5. The summed E-state index contributed by atoms with van der Waals surface area (Å²) in [6, 6.07) is 6.30. The summed E-state index contributed by atoms with van der Waals surface area (Å²) in [5.41, 5.74) is 8.38. The molecule has 0 aliphatic rings. The van der Waals surface area contributed by atoms with Gasteiger partial charge in [-0.05, 0) is 58.3 Å². The molecule has 0 unspecified atom stereocenters. The molecule has 0 amide bonds. The van der Waals surface area contributed by atoms with Crippen LogP contribution in [0.5, 0.6) is 5.75 Å². The van der Waals surface area contributed by atoms with Crippen LogP contribution in [0.2, 0.25) is 0 Å². The molecule has 0 fully saturated rings. The second-order valence-electron chi connectivity index (χ2n) is 5.55. The van der Waals surface area contributed by atoms with Crippen molar-refractivity contribution in [2.45, 2.75) is 39.2 Å². The number of aryl methyl sites for hydroxylation is 1. The minimum absolute atomic E-state index is 0.0893. The summed E-state index contributed by atoms with van der Waals surface area (Å²) >= 11 is 0. The van der Waals surface area contributed by atoms with E-state index >= 15 is 0 Å². The molecular formula is C15H26N2O. The first kappa shape index (κ1) is 15.0. The largest absolute Gasteiger partial charge is 0.496 e. The highest BCUT2D eigenvalue weighted by Crippen LogP contribution is 2.19. The molecule has 0 saturated carbocycles. The molecule has 0 aliphatic carbocycles. The van der Waals surface area contributed by atoms with Crippen molar-refractivity contribution >= 4 is 0 Å². The summed E-state index contributed by atoms with van der Waals surface area (Å²) < 4.78 is 5.36. The van der Waals surface area contributed by atoms with Crippen LogP contribution in [-0.2, 0) is 6.42 Å². The van der Waals surface area contributed by atoms with E-state index in [1.807, 2.05) is 6.07 Å². The number of benzene rings is 1. The molecule has 1 aromatic rings. The Kier molecular flexibility index (Phi) is 5.63. The Bertz CT molecular complexity index is 369. The first-order chi connectivity index (χ1) is 8.42. The van der Waals surface area contributed by atoms with E-state index in [4.69, 9.17) is 10.5 Å². The van der Waals surface area contributed by atoms with Crippen LogP contribution in [0.3, 0.4) is 0 Å². The van der Waals surface area contributed by atoms with E-state index in [0.29, 0.717) is 0 Å². The lowest BCUT2D eigenvalue weighted by atomic mass is 10.0. The van der Waals surface area contributed by atoms with E-state index in [1.165, 1.54) is 11.1 Å². The molecule has 1 rings (SSSR count). The van der Waals surface area contributed by atoms with Gasteiger partial charge >= 0.3 is 0 Å². The average Bonchev–Trinajstić information content (AvgIpc) is 2.27. The lowest BCUT2D eigenvalue weighted by Crippen LogP contribution is -2.36. The van der Waals surface area contributed by atoms with Crippen LogP contribution in [0, 0.1) is 6.92 Å². The molecule has 3 N–H and O–H groups in total. The van der Waals surface area contributed by atoms with E-state index in [0.717, 1.165) is 31.7 Å². The van der Waals surface area contributed by atoms with Crippen LogP contribution < -0.4 is 15.8 Å². The molecule has 0 spiro atoms. The zero-order chi connectivity index (χ0) is 13.6. The third-order valence-electron chi connectivity index (χ3n) is 2.95. The summed E-state index contributed by atoms with van der Waals surface area (Å²) in [5.74, 6) is 0.974. The second kappa shape index (κ2) is 6.76. The standard InChI is InChI=1S/C15H26N2O/c1-12-5-6-14(18-4)13(11-12)7-9-17-10-8-15(2,3)16/h5-6,11,17H,7-10,16H2,1-4H3. The van der Waals surface area contributed by atoms with Crippen molar-refractivity contribution in [1.82, 2.24) is 5.32 Å². The number of hydrogen-bond acceptors (Lipinski definition) is 3. The van der Waals surface area contributed by atoms with E-state index in [1.54, 1.807) is 7.11 Å². The molecule has 0 atom stereocenters. The van der Waals surface area contributed by atoms with Gasteiger partial charge in [0.1, 0.15) is 5.75 Å². The molecule has 102 valence electrons. The Labute approximate surface area is 111 Å². The van der Waals surface area contributed by atoms with E-state index in [9.17, 15) is 0 Å². The normalized spacial score (nSPS) is 11.6. The van der Waals surface area contributed by atoms with Gasteiger partial charge in [0.2, 0.25) is 0 Å². The number of ether oxygens (including phenoxy) is 1. The minimum Gasteiger partial charge on any atom is -0.496 e. The van der Waals surface area contributed by atoms with Gasteiger partial charge in [0.05, 0.1) is 7.11 Å². The Morgan fingerprint density at radius 3 is 2.61 bits per heavy atom. The number of hydrogen-bond donors (Lipinski definition) is 2. The number of rotatable bonds is 7. The monoisotopic (exact) mass is 250 g/mol. The van der Waals surface area contributed by atoms with Gasteiger partial charge in [-0.25, -0.2) is 0 Å². The summed E-state index contributed by atoms with van der Waals surface area (Å²) in [6.45, 7) is 8.12. The van der Waals surface area contributed by atoms with Gasteiger partial charge in [0.25, 0.3) is 0 Å². The first-order valence-corrected chi connectivity index (χ1v) is 6.55. The lowest BCUT2D eigenvalue weighted by molar-refractivity contribution is 0.408. The molecule has 0 radical (unpaired) electrons. The number of nitrogens with one attached hydrogen (secondary N) is 1. The fraction of sp³-hybridized carbons (Fsp3) is 0.600. The van der Waals surface area contributed by atoms with Crippen molar-refractivity contribution in [3.8, 4) is 5.75 Å². The van der Waals surface area contributed by atoms with Gasteiger partial charge in [-0.2, -0.15) is 0 Å². The smallest absolute Gasteiger partial charge is 0.122 e. The quantitative estimate of drug-likeness (QED) is 0.730. The average molecular weight is 250 g/mol. The molecule has 0 aromatic heterocycles. The Balaban J connectivity index is 2.37. The molecule has 1 aromatic carbocycles. The predicted molar refractivity (Wildman–Crippen MR) is 77.2 cm³/mol. The fourth-order valence-corrected chi connectivity index (χ4v) is 1.86. The van der Waals surface area contributed by atoms with Gasteiger partial charge < -0.3 is 15.8 Å². The third kappa shape index (κ3) is 5.52. The molecule has 3 heteroatoms. The zero-order valence-corrected chi connectivity index (χ0v) is 12.0. The SMILES string of the molecule is COc1ccc(C)cc1CCNCCC(C)(C)N. The molecule has 0 bridgehead atoms. The maximum atomic E-state index is 5.93. The maximum absolute atomic E-state index is 5.93. The fourth-order valence-electron chi connectivity index (χ4n) is 1.86. The second-order valence-corrected chi connectivity index (χ2v) is 5.55. The zero-order valence-electron chi connectivity index (χ0n) is 12.0. The van der Waals surface area contributed by atoms with Crippen molar-refractivity contribution in [2.75, 3.05) is 20.2 Å². The summed E-state index contributed by atoms with van der Waals surface area (Å²) in [4.78, 5) is 0. The topological polar surface area (TPSA) is 47.3 Å². The van der Waals surface area contributed by atoms with Crippen LogP contribution in [0.1, 0.15) is 31.4 Å². The third-order valence-corrected chi connectivity index (χ3v) is 2.95. The first-order valence-electron chi connectivity index (χ1n) is 6.55. The van der Waals surface area contributed by atoms with Crippen LogP contribution in [0.4, 0.5) is 0 Å². The van der Waals surface area contributed by atoms with Crippen molar-refractivity contribution in [3.05, 3.63) is 29.3 Å². The van der Waals surface area contributed by atoms with Crippen molar-refractivity contribution < 1.29 is 4.74 Å². The molecule has 3 nitrogen and oxygen atoms in total. The number of nitrogens with two attached hydrogens (primary N) is 1. The minimum atomic E-state index is -0.0893. The number of methoxy groups -OCH3 is 1. The van der Waals surface area contributed by atoms with E-state index in [-0.39, 0.29) is 5.54 Å². The summed E-state index contributed by atoms with van der Waals surface area (Å²) in [5, 5.41) is 3.43. The lowest BCUT2D eigenvalue weighted by Gasteiger charge is -2.18. The molecule has 0 aliphatic heterocycles. The van der Waals surface area contributed by atoms with Crippen LogP contribution in [0.25, 0.3) is 0 Å². The molecular weight excluding hydrogens is 224 g/mol. The Hall–Kier alpha value is -1.06. The predicted octanol–water partition coefficient (Wildman–Crippen LogP) is 2.26. The van der Waals surface area contributed by atoms with Crippen LogP contribution in [-0.4, -0.2) is 25.7 Å².